The maximum atomic E-state index is 8.71. The predicted molar refractivity (Wildman–Crippen MR) is 623 cm³/mol. The van der Waals surface area contributed by atoms with Crippen molar-refractivity contribution in [3.8, 4) is 39.3 Å². The van der Waals surface area contributed by atoms with Crippen LogP contribution in [-0.4, -0.2) is 30.9 Å². The number of anilines is 3. The monoisotopic (exact) mass is 2040 g/mol. The number of aromatic nitrogens is 3. The number of halogens is 6. The van der Waals surface area contributed by atoms with Crippen molar-refractivity contribution in [2.24, 2.45) is 0 Å². The Hall–Kier alpha value is -14.0. The van der Waals surface area contributed by atoms with Crippen LogP contribution in [0.15, 0.2) is 459 Å². The average molecular weight is 2040 g/mol. The van der Waals surface area contributed by atoms with Crippen LogP contribution in [0.3, 0.4) is 0 Å². The van der Waals surface area contributed by atoms with Crippen molar-refractivity contribution in [2.75, 3.05) is 4.90 Å². The molecule has 5 heterocycles. The zero-order valence-electron chi connectivity index (χ0n) is 77.0. The van der Waals surface area contributed by atoms with Crippen LogP contribution in [0.5, 0.6) is 0 Å². The van der Waals surface area contributed by atoms with E-state index in [0.29, 0.717) is 30.6 Å². The van der Waals surface area contributed by atoms with E-state index in [-0.39, 0.29) is 7.43 Å². The molecule has 26 rings (SSSR count). The van der Waals surface area contributed by atoms with Crippen LogP contribution in [0.25, 0.3) is 177 Å². The number of nitrogens with zero attached hydrogens (tertiary/aromatic N) is 4. The van der Waals surface area contributed by atoms with E-state index in [2.05, 4.69) is 467 Å². The Kier molecular flexibility index (Phi) is 28.8. The summed E-state index contributed by atoms with van der Waals surface area (Å²) in [4.78, 5) is 2.31. The number of para-hydroxylation sites is 4. The molecule has 0 spiro atoms. The van der Waals surface area contributed by atoms with Crippen molar-refractivity contribution in [1.82, 2.24) is 13.7 Å². The summed E-state index contributed by atoms with van der Waals surface area (Å²) in [5.74, 6) is 0. The Bertz CT molecular complexity index is 9070. The lowest BCUT2D eigenvalue weighted by Crippen LogP contribution is -2.29. The topological polar surface area (TPSA) is 58.5 Å². The molecule has 0 aliphatic carbocycles. The Balaban J connectivity index is 0.000000115. The van der Waals surface area contributed by atoms with Crippen LogP contribution in [0.1, 0.15) is 51.7 Å². The number of benzene rings is 21. The molecule has 142 heavy (non-hydrogen) atoms. The van der Waals surface area contributed by atoms with Crippen LogP contribution in [-0.2, 0) is 6.42 Å². The lowest BCUT2D eigenvalue weighted by atomic mass is 9.80. The first-order chi connectivity index (χ1) is 69.1. The molecule has 0 aliphatic heterocycles. The summed E-state index contributed by atoms with van der Waals surface area (Å²) in [6.07, 6.45) is 5.08. The molecule has 2 N–H and O–H groups in total. The highest BCUT2D eigenvalue weighted by Gasteiger charge is 2.24. The van der Waals surface area contributed by atoms with Gasteiger partial charge >= 0.3 is 7.12 Å². The van der Waals surface area contributed by atoms with Gasteiger partial charge in [-0.05, 0) is 231 Å². The summed E-state index contributed by atoms with van der Waals surface area (Å²) in [5, 5.41) is 40.5. The Morgan fingerprint density at radius 2 is 0.627 bits per heavy atom. The van der Waals surface area contributed by atoms with Gasteiger partial charge in [-0.25, -0.2) is 0 Å². The van der Waals surface area contributed by atoms with Gasteiger partial charge in [0.2, 0.25) is 0 Å². The first kappa shape index (κ1) is 95.5. The SMILES string of the molecule is Brc1ccc2c3ccc4ccccc4c3n(-c3ccccc3)c2c1.C.CCCCC.Clc1cc(-c2ccc3c4ccc5ccccc5c4n(-c4ccccc4)c3c2)cc(N(c2ccccc2)c2ccc3sc4ccccc4c3c2)c1.Clc1cc(Cl)cc(-c2ccc3c4ccc5ccccc5c4n(-c4ccccc4)c3c2)c1.OB(O)c1cc(Cl)cc(Cl)c1.c1ccc(Cc2ccc3sc4ccccc4c3c2)cc1. The zero-order valence-corrected chi connectivity index (χ0v) is 84.0. The summed E-state index contributed by atoms with van der Waals surface area (Å²) < 4.78 is 13.6. The molecule has 692 valence electrons. The molecule has 15 heteroatoms. The van der Waals surface area contributed by atoms with Gasteiger partial charge in [0.1, 0.15) is 0 Å². The van der Waals surface area contributed by atoms with Gasteiger partial charge in [0.15, 0.2) is 0 Å². The highest BCUT2D eigenvalue weighted by molar-refractivity contribution is 9.10. The second kappa shape index (κ2) is 42.8. The van der Waals surface area contributed by atoms with Gasteiger partial charge in [0.25, 0.3) is 0 Å². The summed E-state index contributed by atoms with van der Waals surface area (Å²) in [6, 6.07) is 160. The number of unbranched alkanes of at least 4 members (excludes halogenated alkanes) is 2. The van der Waals surface area contributed by atoms with Crippen molar-refractivity contribution in [2.45, 2.75) is 47.0 Å². The molecule has 5 aromatic heterocycles. The maximum absolute atomic E-state index is 8.71. The highest BCUT2D eigenvalue weighted by atomic mass is 79.9. The molecule has 6 nitrogen and oxygen atoms in total. The van der Waals surface area contributed by atoms with Crippen molar-refractivity contribution in [3.05, 3.63) is 496 Å². The molecule has 0 fully saturated rings. The summed E-state index contributed by atoms with van der Waals surface area (Å²) in [7, 11) is -1.52. The smallest absolute Gasteiger partial charge is 0.423 e. The van der Waals surface area contributed by atoms with Gasteiger partial charge in [0, 0.05) is 153 Å². The summed E-state index contributed by atoms with van der Waals surface area (Å²) in [5.41, 5.74) is 21.2. The van der Waals surface area contributed by atoms with Crippen LogP contribution in [0, 0.1) is 0 Å². The predicted octanol–water partition coefficient (Wildman–Crippen LogP) is 38.9. The number of rotatable bonds is 13. The Morgan fingerprint density at radius 1 is 0.268 bits per heavy atom. The second-order valence-corrected chi connectivity index (χ2v) is 40.3. The molecule has 0 aliphatic rings. The second-order valence-electron chi connectivity index (χ2n) is 35.0. The van der Waals surface area contributed by atoms with E-state index < -0.39 is 7.12 Å². The lowest BCUT2D eigenvalue weighted by molar-refractivity contribution is 0.426. The van der Waals surface area contributed by atoms with Crippen LogP contribution in [0.4, 0.5) is 17.1 Å². The first-order valence-corrected chi connectivity index (χ1v) is 51.4. The fraction of sp³-hybridized carbons (Fsp3) is 0.0551. The van der Waals surface area contributed by atoms with Crippen molar-refractivity contribution in [3.63, 3.8) is 0 Å². The summed E-state index contributed by atoms with van der Waals surface area (Å²) >= 11 is 38.1. The number of thiophene rings is 2. The van der Waals surface area contributed by atoms with Gasteiger partial charge < -0.3 is 28.6 Å². The van der Waals surface area contributed by atoms with Gasteiger partial charge in [-0.1, -0.05) is 400 Å². The van der Waals surface area contributed by atoms with Crippen molar-refractivity contribution >= 4 is 264 Å². The largest absolute Gasteiger partial charge is 0.488 e. The normalized spacial score (nSPS) is 11.2. The minimum Gasteiger partial charge on any atom is -0.423 e. The number of hydrogen-bond donors (Lipinski definition) is 2. The summed E-state index contributed by atoms with van der Waals surface area (Å²) in [6.45, 7) is 4.42. The first-order valence-electron chi connectivity index (χ1n) is 47.1. The molecule has 0 atom stereocenters. The molecule has 26 aromatic rings. The van der Waals surface area contributed by atoms with E-state index in [1.807, 2.05) is 34.8 Å². The highest BCUT2D eigenvalue weighted by Crippen LogP contribution is 2.47. The van der Waals surface area contributed by atoms with E-state index in [9.17, 15) is 0 Å². The molecule has 0 unspecified atom stereocenters. The molecular formula is C127H95BBrCl5N4O2S2. The molecular weight excluding hydrogens is 1950 g/mol. The third-order valence-corrected chi connectivity index (χ3v) is 29.7. The van der Waals surface area contributed by atoms with Crippen molar-refractivity contribution < 1.29 is 10.0 Å². The van der Waals surface area contributed by atoms with E-state index >= 15 is 0 Å². The molecule has 21 aromatic carbocycles. The number of hydrogen-bond acceptors (Lipinski definition) is 5. The van der Waals surface area contributed by atoms with E-state index in [1.54, 1.807) is 6.07 Å². The standard InChI is InChI=1S/C46H29ClN2S.C28H17Cl2N.C22H14BrN.C19H14S.C6H5BCl2O2.C5H12.CH4/c47-33-25-32(26-37(28-33)48(34-12-3-1-4-13-34)36-21-24-45-42(29-36)40-17-9-10-18-44(40)50-45)31-20-22-39-41-23-19-30-11-7-8-16-38(30)46(41)49(43(39)27-31)35-14-5-2-6-15-35;29-21-14-20(15-22(30)17-21)19-11-12-25-26-13-10-18-6-4-5-9-24(18)28(26)31(27(25)16-19)23-7-2-1-3-8-23;23-16-11-13-19-20-12-10-15-6-4-5-9-18(15)22(20)24(21(19)14-16)17-7-2-1-3-8-17;1-2-6-14(7-3-1)12-15-10-11-19-17(13-15)16-8-4-5-9-18(16)20-19;8-5-1-4(7(10)11)2-6(9)3-5;1-3-5-4-2;/h1-29H;1-17H;1-14H;1-11,13H,12H2;1-3,10-11H;3-5H2,1-2H3;1H4. The van der Waals surface area contributed by atoms with Gasteiger partial charge in [-0.3, -0.25) is 0 Å². The quantitative estimate of drug-likeness (QED) is 0.113. The lowest BCUT2D eigenvalue weighted by Gasteiger charge is -2.26. The Labute approximate surface area is 867 Å². The average Bonchev–Trinajstić information content (AvgIpc) is 1.57. The van der Waals surface area contributed by atoms with Gasteiger partial charge in [-0.15, -0.1) is 22.7 Å². The third-order valence-electron chi connectivity index (χ3n) is 25.8. The molecule has 0 radical (unpaired) electrons. The van der Waals surface area contributed by atoms with Crippen LogP contribution < -0.4 is 10.4 Å². The van der Waals surface area contributed by atoms with Crippen LogP contribution in [0.2, 0.25) is 25.1 Å². The van der Waals surface area contributed by atoms with Crippen LogP contribution >= 0.6 is 96.6 Å². The molecule has 0 saturated carbocycles. The molecule has 0 amide bonds. The van der Waals surface area contributed by atoms with Gasteiger partial charge in [0.05, 0.1) is 33.1 Å². The minimum absolute atomic E-state index is 0. The fourth-order valence-corrected chi connectivity index (χ4v) is 23.3. The molecule has 0 saturated heterocycles. The minimum atomic E-state index is -1.52. The zero-order chi connectivity index (χ0) is 96.1. The fourth-order valence-electron chi connectivity index (χ4n) is 19.5. The Morgan fingerprint density at radius 3 is 1.07 bits per heavy atom. The third kappa shape index (κ3) is 19.8. The molecule has 0 bridgehead atoms. The van der Waals surface area contributed by atoms with E-state index in [4.69, 9.17) is 68.1 Å². The maximum Gasteiger partial charge on any atom is 0.488 e. The van der Waals surface area contributed by atoms with E-state index in [0.717, 1.165) is 72.6 Å². The van der Waals surface area contributed by atoms with Gasteiger partial charge in [-0.2, -0.15) is 0 Å². The number of fused-ring (bicyclic) bond motifs is 21. The van der Waals surface area contributed by atoms with E-state index in [1.165, 1.54) is 181 Å². The van der Waals surface area contributed by atoms with Crippen molar-refractivity contribution in [1.29, 1.82) is 0 Å².